The fraction of sp³-hybridized carbons (Fsp3) is 0.357. The number of fused-ring (bicyclic) bond motifs is 2. The third-order valence-electron chi connectivity index (χ3n) is 7.40. The van der Waals surface area contributed by atoms with E-state index in [0.29, 0.717) is 16.8 Å². The third-order valence-corrected chi connectivity index (χ3v) is 8.60. The summed E-state index contributed by atoms with van der Waals surface area (Å²) in [5.74, 6) is -0.0321. The van der Waals surface area contributed by atoms with Crippen LogP contribution in [0.25, 0.3) is 21.8 Å². The van der Waals surface area contributed by atoms with Crippen molar-refractivity contribution < 1.29 is 4.79 Å². The summed E-state index contributed by atoms with van der Waals surface area (Å²) < 4.78 is 3.53. The molecular formula is C28H32N5O3P. The summed E-state index contributed by atoms with van der Waals surface area (Å²) >= 11 is 0. The number of aromatic amines is 1. The van der Waals surface area contributed by atoms with Gasteiger partial charge in [0.25, 0.3) is 5.29 Å². The summed E-state index contributed by atoms with van der Waals surface area (Å²) in [6.45, 7) is 7.63. The predicted molar refractivity (Wildman–Crippen MR) is 150 cm³/mol. The van der Waals surface area contributed by atoms with Crippen LogP contribution in [0.1, 0.15) is 48.7 Å². The normalized spacial score (nSPS) is 17.0. The average molecular weight is 518 g/mol. The minimum atomic E-state index is -0.112. The number of benzene rings is 1. The molecule has 0 bridgehead atoms. The van der Waals surface area contributed by atoms with Crippen molar-refractivity contribution in [2.75, 3.05) is 13.1 Å². The van der Waals surface area contributed by atoms with Gasteiger partial charge >= 0.3 is 5.69 Å². The molecule has 1 fully saturated rings. The number of hydrogen-bond donors (Lipinski definition) is 1. The van der Waals surface area contributed by atoms with E-state index in [-0.39, 0.29) is 37.0 Å². The maximum absolute atomic E-state index is 13.6. The van der Waals surface area contributed by atoms with E-state index >= 15 is 0 Å². The molecule has 8 nitrogen and oxygen atoms in total. The van der Waals surface area contributed by atoms with E-state index in [4.69, 9.17) is 0 Å². The highest BCUT2D eigenvalue weighted by atomic mass is 31.0. The Labute approximate surface area is 216 Å². The topological polar surface area (TPSA) is 93.0 Å². The van der Waals surface area contributed by atoms with E-state index in [1.807, 2.05) is 60.9 Å². The Morgan fingerprint density at radius 1 is 1.24 bits per heavy atom. The van der Waals surface area contributed by atoms with Gasteiger partial charge in [-0.1, -0.05) is 26.4 Å². The lowest BCUT2D eigenvalue weighted by Crippen LogP contribution is -2.41. The second kappa shape index (κ2) is 10.1. The number of likely N-dealkylation sites (tertiary alicyclic amines) is 1. The number of Topliss-reactive ketones (excluding diaryl/α,β-unsaturated/α-hetero) is 1. The van der Waals surface area contributed by atoms with Crippen molar-refractivity contribution >= 4 is 35.8 Å². The fourth-order valence-electron chi connectivity index (χ4n) is 5.54. The quantitative estimate of drug-likeness (QED) is 0.234. The molecule has 1 aliphatic heterocycles. The molecule has 5 rings (SSSR count). The van der Waals surface area contributed by atoms with Crippen molar-refractivity contribution in [3.05, 3.63) is 86.0 Å². The zero-order valence-corrected chi connectivity index (χ0v) is 22.6. The smallest absolute Gasteiger partial charge is 0.308 e. The molecule has 1 aliphatic rings. The standard InChI is InChI=1S/C28H32N5O3P/c1-5-7-19(25(34)20-14-17(2)24-23(16-20)37-28(36)31(24)4)15-18(3)32-12-9-21(10-13-32)33-22-8-6-11-29-26(22)30-27(33)35/h5-8,11,14-16,18,21,37H,9-10,12-13H2,1-4H3,(H,29,30,35)/b7-5-,19-15+. The van der Waals surface area contributed by atoms with Crippen molar-refractivity contribution in [3.63, 3.8) is 0 Å². The second-order valence-electron chi connectivity index (χ2n) is 9.81. The number of carbonyl (C=O) groups is 1. The van der Waals surface area contributed by atoms with Gasteiger partial charge < -0.3 is 4.57 Å². The molecular weight excluding hydrogens is 485 g/mol. The SMILES string of the molecule is C/C=C\C(=C/C(C)N1CCC(n2c(=O)[nH]c3ncccc32)CC1)C(=O)c1cc(C)c2c(c1)[pH]c(=O)n2C. The van der Waals surface area contributed by atoms with Crippen LogP contribution in [0.5, 0.6) is 0 Å². The number of aryl methyl sites for hydroxylation is 2. The minimum absolute atomic E-state index is 0.0321. The van der Waals surface area contributed by atoms with Crippen LogP contribution >= 0.6 is 8.19 Å². The number of hydrogen-bond acceptors (Lipinski definition) is 5. The highest BCUT2D eigenvalue weighted by Gasteiger charge is 2.26. The summed E-state index contributed by atoms with van der Waals surface area (Å²) in [6, 6.07) is 7.73. The molecule has 0 amide bonds. The van der Waals surface area contributed by atoms with Gasteiger partial charge in [-0.05, 0) is 63.4 Å². The summed E-state index contributed by atoms with van der Waals surface area (Å²) in [5.41, 5.74) is 4.50. The molecule has 0 spiro atoms. The van der Waals surface area contributed by atoms with Crippen LogP contribution in [0, 0.1) is 6.92 Å². The minimum Gasteiger partial charge on any atom is -0.308 e. The van der Waals surface area contributed by atoms with Crippen molar-refractivity contribution in [1.29, 1.82) is 0 Å². The Hall–Kier alpha value is -3.48. The van der Waals surface area contributed by atoms with Crippen LogP contribution in [0.2, 0.25) is 0 Å². The highest BCUT2D eigenvalue weighted by Crippen LogP contribution is 2.28. The first kappa shape index (κ1) is 25.2. The van der Waals surface area contributed by atoms with Gasteiger partial charge in [-0.3, -0.25) is 24.0 Å². The van der Waals surface area contributed by atoms with Crippen LogP contribution < -0.4 is 11.0 Å². The van der Waals surface area contributed by atoms with Crippen LogP contribution in [0.3, 0.4) is 0 Å². The predicted octanol–water partition coefficient (Wildman–Crippen LogP) is 4.33. The Balaban J connectivity index is 1.35. The molecule has 0 saturated carbocycles. The lowest BCUT2D eigenvalue weighted by Gasteiger charge is -2.35. The van der Waals surface area contributed by atoms with E-state index < -0.39 is 0 Å². The maximum Gasteiger partial charge on any atom is 0.327 e. The van der Waals surface area contributed by atoms with E-state index in [0.717, 1.165) is 47.6 Å². The molecule has 0 aliphatic carbocycles. The molecule has 1 saturated heterocycles. The third kappa shape index (κ3) is 4.67. The van der Waals surface area contributed by atoms with Crippen LogP contribution in [0.15, 0.2) is 63.9 Å². The summed E-state index contributed by atoms with van der Waals surface area (Å²) in [4.78, 5) is 47.8. The summed E-state index contributed by atoms with van der Waals surface area (Å²) in [5, 5.41) is 1.02. The van der Waals surface area contributed by atoms with E-state index in [1.54, 1.807) is 17.8 Å². The van der Waals surface area contributed by atoms with Gasteiger partial charge in [-0.15, -0.1) is 0 Å². The highest BCUT2D eigenvalue weighted by molar-refractivity contribution is 7.35. The van der Waals surface area contributed by atoms with Crippen molar-refractivity contribution in [2.45, 2.75) is 45.7 Å². The van der Waals surface area contributed by atoms with Crippen molar-refractivity contribution in [1.82, 2.24) is 24.0 Å². The number of rotatable bonds is 6. The number of carbonyl (C=O) groups excluding carboxylic acids is 1. The van der Waals surface area contributed by atoms with Gasteiger partial charge in [-0.2, -0.15) is 0 Å². The number of H-pyrrole nitrogens is 1. The lowest BCUT2D eigenvalue weighted by atomic mass is 9.97. The molecule has 1 N–H and O–H groups in total. The van der Waals surface area contributed by atoms with Gasteiger partial charge in [0.2, 0.25) is 0 Å². The van der Waals surface area contributed by atoms with Crippen LogP contribution in [-0.2, 0) is 7.05 Å². The number of nitrogens with one attached hydrogen (secondary N) is 1. The summed E-state index contributed by atoms with van der Waals surface area (Å²) in [6.07, 6.45) is 9.17. The van der Waals surface area contributed by atoms with E-state index in [1.165, 1.54) is 0 Å². The Morgan fingerprint density at radius 2 is 2.00 bits per heavy atom. The number of pyridine rings is 1. The summed E-state index contributed by atoms with van der Waals surface area (Å²) in [7, 11) is 1.84. The molecule has 37 heavy (non-hydrogen) atoms. The van der Waals surface area contributed by atoms with Crippen LogP contribution in [-0.4, -0.2) is 48.9 Å². The number of piperidine rings is 1. The van der Waals surface area contributed by atoms with Crippen LogP contribution in [0.4, 0.5) is 0 Å². The monoisotopic (exact) mass is 517 g/mol. The van der Waals surface area contributed by atoms with Crippen molar-refractivity contribution in [2.24, 2.45) is 7.05 Å². The number of ketones is 1. The molecule has 9 heteroatoms. The zero-order chi connectivity index (χ0) is 26.3. The molecule has 3 aromatic heterocycles. The van der Waals surface area contributed by atoms with Gasteiger partial charge in [0, 0.05) is 54.7 Å². The molecule has 2 atom stereocenters. The molecule has 4 aromatic rings. The number of allylic oxidation sites excluding steroid dienone is 3. The first-order valence-corrected chi connectivity index (χ1v) is 13.7. The fourth-order valence-corrected chi connectivity index (χ4v) is 6.76. The average Bonchev–Trinajstić information content (AvgIpc) is 3.38. The molecule has 192 valence electrons. The van der Waals surface area contributed by atoms with E-state index in [9.17, 15) is 14.4 Å². The first-order chi connectivity index (χ1) is 17.8. The maximum atomic E-state index is 13.6. The molecule has 1 aromatic carbocycles. The zero-order valence-electron chi connectivity index (χ0n) is 21.6. The largest absolute Gasteiger partial charge is 0.327 e. The number of imidazole rings is 1. The molecule has 4 heterocycles. The Kier molecular flexibility index (Phi) is 6.88. The Morgan fingerprint density at radius 3 is 2.73 bits per heavy atom. The number of aromatic nitrogens is 4. The molecule has 0 radical (unpaired) electrons. The van der Waals surface area contributed by atoms with Gasteiger partial charge in [-0.25, -0.2) is 9.78 Å². The van der Waals surface area contributed by atoms with E-state index in [2.05, 4.69) is 21.8 Å². The second-order valence-corrected chi connectivity index (χ2v) is 11.0. The van der Waals surface area contributed by atoms with Crippen molar-refractivity contribution in [3.8, 4) is 0 Å². The number of nitrogens with zero attached hydrogens (tertiary/aromatic N) is 4. The van der Waals surface area contributed by atoms with Gasteiger partial charge in [0.05, 0.1) is 11.0 Å². The van der Waals surface area contributed by atoms with Gasteiger partial charge in [0.1, 0.15) is 0 Å². The van der Waals surface area contributed by atoms with Gasteiger partial charge in [0.15, 0.2) is 11.4 Å². The molecule has 2 unspecified atom stereocenters. The lowest BCUT2D eigenvalue weighted by molar-refractivity contribution is 0.103. The first-order valence-electron chi connectivity index (χ1n) is 12.7. The Bertz CT molecular complexity index is 1660.